The molecule has 0 unspecified atom stereocenters. The van der Waals surface area contributed by atoms with E-state index >= 15 is 0 Å². The highest BCUT2D eigenvalue weighted by Crippen LogP contribution is 2.40. The first-order chi connectivity index (χ1) is 9.19. The van der Waals surface area contributed by atoms with Gasteiger partial charge in [0.05, 0.1) is 6.61 Å². The maximum atomic E-state index is 12.1. The van der Waals surface area contributed by atoms with Gasteiger partial charge >= 0.3 is 0 Å². The standard InChI is InChI=1S/C15H22N2O2.ClH/c1-19-11-15(6-3-7-15)10-17-14(18)13-5-2-4-12(8-13)9-16;/h2,4-5,8H,3,6-7,9-11,16H2,1H3,(H,17,18);1H. The molecule has 1 aliphatic carbocycles. The lowest BCUT2D eigenvalue weighted by atomic mass is 9.69. The summed E-state index contributed by atoms with van der Waals surface area (Å²) in [5.74, 6) is -0.0299. The van der Waals surface area contributed by atoms with Gasteiger partial charge < -0.3 is 15.8 Å². The molecule has 1 aromatic carbocycles. The summed E-state index contributed by atoms with van der Waals surface area (Å²) in [5.41, 5.74) is 7.38. The molecule has 0 spiro atoms. The number of ether oxygens (including phenoxy) is 1. The molecule has 112 valence electrons. The van der Waals surface area contributed by atoms with Gasteiger partial charge in [0, 0.05) is 31.2 Å². The van der Waals surface area contributed by atoms with E-state index in [1.165, 1.54) is 6.42 Å². The van der Waals surface area contributed by atoms with E-state index in [2.05, 4.69) is 5.32 Å². The third-order valence-electron chi connectivity index (χ3n) is 3.91. The topological polar surface area (TPSA) is 64.3 Å². The van der Waals surface area contributed by atoms with Crippen molar-refractivity contribution >= 4 is 18.3 Å². The zero-order chi connectivity index (χ0) is 13.7. The molecule has 0 heterocycles. The Kier molecular flexibility index (Phi) is 6.46. The Morgan fingerprint density at radius 3 is 2.75 bits per heavy atom. The second-order valence-electron chi connectivity index (χ2n) is 5.37. The highest BCUT2D eigenvalue weighted by molar-refractivity contribution is 5.94. The number of hydrogen-bond acceptors (Lipinski definition) is 3. The number of methoxy groups -OCH3 is 1. The van der Waals surface area contributed by atoms with E-state index in [1.54, 1.807) is 7.11 Å². The Morgan fingerprint density at radius 2 is 2.20 bits per heavy atom. The molecular weight excluding hydrogens is 276 g/mol. The predicted molar refractivity (Wildman–Crippen MR) is 82.1 cm³/mol. The summed E-state index contributed by atoms with van der Waals surface area (Å²) in [6.45, 7) is 1.86. The lowest BCUT2D eigenvalue weighted by Gasteiger charge is -2.41. The second-order valence-corrected chi connectivity index (χ2v) is 5.37. The Hall–Kier alpha value is -1.10. The summed E-state index contributed by atoms with van der Waals surface area (Å²) in [6.07, 6.45) is 3.48. The maximum Gasteiger partial charge on any atom is 0.251 e. The number of nitrogens with two attached hydrogens (primary N) is 1. The van der Waals surface area contributed by atoms with Crippen LogP contribution in [0, 0.1) is 5.41 Å². The number of amides is 1. The summed E-state index contributed by atoms with van der Waals surface area (Å²) in [4.78, 5) is 12.1. The molecular formula is C15H23ClN2O2. The van der Waals surface area contributed by atoms with Crippen LogP contribution in [0.15, 0.2) is 24.3 Å². The van der Waals surface area contributed by atoms with Crippen LogP contribution >= 0.6 is 12.4 Å². The molecule has 4 nitrogen and oxygen atoms in total. The lowest BCUT2D eigenvalue weighted by Crippen LogP contribution is -2.45. The Morgan fingerprint density at radius 1 is 1.45 bits per heavy atom. The van der Waals surface area contributed by atoms with Crippen LogP contribution in [0.3, 0.4) is 0 Å². The van der Waals surface area contributed by atoms with Gasteiger partial charge in [-0.2, -0.15) is 0 Å². The third-order valence-corrected chi connectivity index (χ3v) is 3.91. The van der Waals surface area contributed by atoms with E-state index in [0.717, 1.165) is 25.0 Å². The predicted octanol–water partition coefficient (Wildman–Crippen LogP) is 2.11. The van der Waals surface area contributed by atoms with Crippen LogP contribution < -0.4 is 11.1 Å². The van der Waals surface area contributed by atoms with Gasteiger partial charge in [-0.15, -0.1) is 12.4 Å². The van der Waals surface area contributed by atoms with Crippen LogP contribution in [0.2, 0.25) is 0 Å². The van der Waals surface area contributed by atoms with E-state index in [9.17, 15) is 4.79 Å². The molecule has 0 aliphatic heterocycles. The van der Waals surface area contributed by atoms with E-state index in [1.807, 2.05) is 24.3 Å². The second kappa shape index (κ2) is 7.62. The quantitative estimate of drug-likeness (QED) is 0.845. The number of halogens is 1. The molecule has 3 N–H and O–H groups in total. The average molecular weight is 299 g/mol. The summed E-state index contributed by atoms with van der Waals surface area (Å²) in [6, 6.07) is 7.46. The Balaban J connectivity index is 0.00000200. The molecule has 0 radical (unpaired) electrons. The van der Waals surface area contributed by atoms with Crippen LogP contribution in [0.5, 0.6) is 0 Å². The highest BCUT2D eigenvalue weighted by Gasteiger charge is 2.37. The van der Waals surface area contributed by atoms with Gasteiger partial charge in [0.2, 0.25) is 0 Å². The van der Waals surface area contributed by atoms with Crippen molar-refractivity contribution in [1.82, 2.24) is 5.32 Å². The zero-order valence-corrected chi connectivity index (χ0v) is 12.7. The van der Waals surface area contributed by atoms with Crippen LogP contribution in [-0.4, -0.2) is 26.2 Å². The van der Waals surface area contributed by atoms with Crippen molar-refractivity contribution < 1.29 is 9.53 Å². The molecule has 0 bridgehead atoms. The lowest BCUT2D eigenvalue weighted by molar-refractivity contribution is 0.0180. The van der Waals surface area contributed by atoms with E-state index in [4.69, 9.17) is 10.5 Å². The smallest absolute Gasteiger partial charge is 0.251 e. The van der Waals surface area contributed by atoms with Gasteiger partial charge in [0.25, 0.3) is 5.91 Å². The Labute approximate surface area is 126 Å². The first kappa shape index (κ1) is 17.0. The Bertz CT molecular complexity index is 447. The van der Waals surface area contributed by atoms with Crippen molar-refractivity contribution in [3.8, 4) is 0 Å². The fraction of sp³-hybridized carbons (Fsp3) is 0.533. The largest absolute Gasteiger partial charge is 0.384 e. The fourth-order valence-corrected chi connectivity index (χ4v) is 2.56. The van der Waals surface area contributed by atoms with Crippen LogP contribution in [-0.2, 0) is 11.3 Å². The normalized spacial score (nSPS) is 15.9. The number of carbonyl (C=O) groups is 1. The summed E-state index contributed by atoms with van der Waals surface area (Å²) >= 11 is 0. The highest BCUT2D eigenvalue weighted by atomic mass is 35.5. The van der Waals surface area contributed by atoms with Crippen molar-refractivity contribution in [3.63, 3.8) is 0 Å². The summed E-state index contributed by atoms with van der Waals surface area (Å²) < 4.78 is 5.26. The van der Waals surface area contributed by atoms with Gasteiger partial charge in [-0.1, -0.05) is 18.6 Å². The molecule has 0 atom stereocenters. The third kappa shape index (κ3) is 3.95. The minimum atomic E-state index is -0.0299. The van der Waals surface area contributed by atoms with Gasteiger partial charge in [-0.25, -0.2) is 0 Å². The first-order valence-electron chi connectivity index (χ1n) is 6.75. The van der Waals surface area contributed by atoms with Gasteiger partial charge in [-0.3, -0.25) is 4.79 Å². The molecule has 5 heteroatoms. The van der Waals surface area contributed by atoms with E-state index in [-0.39, 0.29) is 23.7 Å². The monoisotopic (exact) mass is 298 g/mol. The molecule has 1 amide bonds. The van der Waals surface area contributed by atoms with Crippen molar-refractivity contribution in [2.75, 3.05) is 20.3 Å². The number of hydrogen-bond donors (Lipinski definition) is 2. The zero-order valence-electron chi connectivity index (χ0n) is 11.9. The molecule has 1 saturated carbocycles. The van der Waals surface area contributed by atoms with Crippen molar-refractivity contribution in [2.24, 2.45) is 11.1 Å². The molecule has 1 aliphatic rings. The van der Waals surface area contributed by atoms with Gasteiger partial charge in [0.15, 0.2) is 0 Å². The van der Waals surface area contributed by atoms with Gasteiger partial charge in [-0.05, 0) is 30.5 Å². The number of nitrogens with one attached hydrogen (secondary N) is 1. The molecule has 0 aromatic heterocycles. The molecule has 2 rings (SSSR count). The fourth-order valence-electron chi connectivity index (χ4n) is 2.56. The van der Waals surface area contributed by atoms with Crippen LogP contribution in [0.4, 0.5) is 0 Å². The maximum absolute atomic E-state index is 12.1. The molecule has 1 aromatic rings. The molecule has 1 fully saturated rings. The minimum absolute atomic E-state index is 0. The van der Waals surface area contributed by atoms with E-state index in [0.29, 0.717) is 18.7 Å². The van der Waals surface area contributed by atoms with Crippen LogP contribution in [0.25, 0.3) is 0 Å². The average Bonchev–Trinajstić information content (AvgIpc) is 2.41. The number of benzene rings is 1. The van der Waals surface area contributed by atoms with E-state index < -0.39 is 0 Å². The van der Waals surface area contributed by atoms with Crippen molar-refractivity contribution in [2.45, 2.75) is 25.8 Å². The number of carbonyl (C=O) groups excluding carboxylic acids is 1. The first-order valence-corrected chi connectivity index (χ1v) is 6.75. The molecule has 0 saturated heterocycles. The molecule has 20 heavy (non-hydrogen) atoms. The summed E-state index contributed by atoms with van der Waals surface area (Å²) in [7, 11) is 1.71. The van der Waals surface area contributed by atoms with Crippen molar-refractivity contribution in [1.29, 1.82) is 0 Å². The SMILES string of the molecule is COCC1(CNC(=O)c2cccc(CN)c2)CCC1.Cl. The van der Waals surface area contributed by atoms with Crippen LogP contribution in [0.1, 0.15) is 35.2 Å². The van der Waals surface area contributed by atoms with Crippen molar-refractivity contribution in [3.05, 3.63) is 35.4 Å². The number of rotatable bonds is 6. The van der Waals surface area contributed by atoms with Gasteiger partial charge in [0.1, 0.15) is 0 Å². The summed E-state index contributed by atoms with van der Waals surface area (Å²) in [5, 5.41) is 3.02. The minimum Gasteiger partial charge on any atom is -0.384 e.